The molecule has 2 aromatic carbocycles. The van der Waals surface area contributed by atoms with Crippen molar-refractivity contribution < 1.29 is 9.90 Å². The molecule has 0 aliphatic heterocycles. The van der Waals surface area contributed by atoms with E-state index in [4.69, 9.17) is 0 Å². The van der Waals surface area contributed by atoms with Crippen molar-refractivity contribution in [2.24, 2.45) is 0 Å². The second kappa shape index (κ2) is 6.83. The number of benzene rings is 2. The Morgan fingerprint density at radius 1 is 1.12 bits per heavy atom. The minimum atomic E-state index is 0.00489. The molecule has 0 fully saturated rings. The summed E-state index contributed by atoms with van der Waals surface area (Å²) in [6, 6.07) is 12.0. The van der Waals surface area contributed by atoms with Gasteiger partial charge < -0.3 is 5.11 Å². The van der Waals surface area contributed by atoms with Crippen LogP contribution >= 0.6 is 23.1 Å². The number of allylic oxidation sites excluding steroid dienone is 1. The highest BCUT2D eigenvalue weighted by Gasteiger charge is 2.08. The fourth-order valence-corrected chi connectivity index (χ4v) is 4.14. The largest absolute Gasteiger partial charge is 0.507 e. The lowest BCUT2D eigenvalue weighted by atomic mass is 10.0. The predicted molar refractivity (Wildman–Crippen MR) is 105 cm³/mol. The molecule has 122 valence electrons. The number of rotatable bonds is 4. The molecule has 1 N–H and O–H groups in total. The second-order valence-electron chi connectivity index (χ2n) is 5.72. The van der Waals surface area contributed by atoms with Crippen LogP contribution in [0.1, 0.15) is 26.4 Å². The van der Waals surface area contributed by atoms with Crippen molar-refractivity contribution in [3.63, 3.8) is 0 Å². The summed E-state index contributed by atoms with van der Waals surface area (Å²) in [4.78, 5) is 14.4. The molecule has 0 bridgehead atoms. The smallest absolute Gasteiger partial charge is 0.195 e. The number of fused-ring (bicyclic) bond motifs is 1. The fraction of sp³-hybridized carbons (Fsp3) is 0.150. The summed E-state index contributed by atoms with van der Waals surface area (Å²) >= 11 is 3.22. The Morgan fingerprint density at radius 2 is 1.83 bits per heavy atom. The first-order valence-electron chi connectivity index (χ1n) is 7.58. The summed E-state index contributed by atoms with van der Waals surface area (Å²) in [6.07, 6.45) is 5.45. The monoisotopic (exact) mass is 354 g/mol. The number of hydrogen-bond acceptors (Lipinski definition) is 4. The van der Waals surface area contributed by atoms with E-state index in [0.29, 0.717) is 5.75 Å². The molecule has 0 atom stereocenters. The van der Waals surface area contributed by atoms with E-state index in [1.807, 2.05) is 38.3 Å². The molecule has 3 aromatic rings. The van der Waals surface area contributed by atoms with Crippen LogP contribution in [0.5, 0.6) is 5.75 Å². The predicted octanol–water partition coefficient (Wildman–Crippen LogP) is 5.84. The standard InChI is InChI=1S/C20H18O2S2/c1-12-8-14(9-13(2)20(12)22)4-7-17(21)19-10-15-5-6-16(23-3)11-18(15)24-19/h4-11,22H,1-3H3/b7-4+. The van der Waals surface area contributed by atoms with E-state index in [0.717, 1.165) is 31.7 Å². The lowest BCUT2D eigenvalue weighted by Gasteiger charge is -2.04. The van der Waals surface area contributed by atoms with Gasteiger partial charge in [-0.3, -0.25) is 4.79 Å². The summed E-state index contributed by atoms with van der Waals surface area (Å²) in [5.74, 6) is 0.317. The highest BCUT2D eigenvalue weighted by Crippen LogP contribution is 2.30. The van der Waals surface area contributed by atoms with Gasteiger partial charge in [0.2, 0.25) is 0 Å². The highest BCUT2D eigenvalue weighted by atomic mass is 32.2. The Hall–Kier alpha value is -2.04. The summed E-state index contributed by atoms with van der Waals surface area (Å²) in [5, 5.41) is 10.9. The van der Waals surface area contributed by atoms with Crippen LogP contribution in [0.25, 0.3) is 16.2 Å². The SMILES string of the molecule is CSc1ccc2cc(C(=O)/C=C/c3cc(C)c(O)c(C)c3)sc2c1. The van der Waals surface area contributed by atoms with E-state index in [2.05, 4.69) is 18.2 Å². The molecule has 2 nitrogen and oxygen atoms in total. The zero-order valence-corrected chi connectivity index (χ0v) is 15.4. The maximum atomic E-state index is 12.4. The fourth-order valence-electron chi connectivity index (χ4n) is 2.60. The maximum absolute atomic E-state index is 12.4. The lowest BCUT2D eigenvalue weighted by Crippen LogP contribution is -1.89. The third-order valence-electron chi connectivity index (χ3n) is 3.91. The average Bonchev–Trinajstić information content (AvgIpc) is 3.00. The summed E-state index contributed by atoms with van der Waals surface area (Å²) in [7, 11) is 0. The molecule has 0 spiro atoms. The van der Waals surface area contributed by atoms with Crippen molar-refractivity contribution in [3.8, 4) is 5.75 Å². The van der Waals surface area contributed by atoms with E-state index in [1.54, 1.807) is 23.9 Å². The van der Waals surface area contributed by atoms with Crippen LogP contribution in [0.3, 0.4) is 0 Å². The van der Waals surface area contributed by atoms with Gasteiger partial charge in [0.25, 0.3) is 0 Å². The van der Waals surface area contributed by atoms with Crippen LogP contribution in [-0.4, -0.2) is 17.1 Å². The van der Waals surface area contributed by atoms with Crippen LogP contribution in [0.4, 0.5) is 0 Å². The van der Waals surface area contributed by atoms with Gasteiger partial charge in [-0.05, 0) is 78.6 Å². The molecule has 0 amide bonds. The first kappa shape index (κ1) is 16.8. The molecule has 1 heterocycles. The summed E-state index contributed by atoms with van der Waals surface area (Å²) in [5.41, 5.74) is 2.55. The molecule has 4 heteroatoms. The van der Waals surface area contributed by atoms with Gasteiger partial charge in [-0.1, -0.05) is 12.1 Å². The Labute approximate surface area is 149 Å². The van der Waals surface area contributed by atoms with Crippen LogP contribution in [-0.2, 0) is 0 Å². The van der Waals surface area contributed by atoms with E-state index in [1.165, 1.54) is 16.2 Å². The number of carbonyl (C=O) groups excluding carboxylic acids is 1. The zero-order chi connectivity index (χ0) is 17.3. The molecular formula is C20H18O2S2. The van der Waals surface area contributed by atoms with Crippen molar-refractivity contribution in [2.45, 2.75) is 18.7 Å². The van der Waals surface area contributed by atoms with Gasteiger partial charge in [0.15, 0.2) is 5.78 Å². The number of hydrogen-bond donors (Lipinski definition) is 1. The number of ketones is 1. The second-order valence-corrected chi connectivity index (χ2v) is 7.68. The summed E-state index contributed by atoms with van der Waals surface area (Å²) < 4.78 is 1.13. The van der Waals surface area contributed by atoms with Gasteiger partial charge >= 0.3 is 0 Å². The van der Waals surface area contributed by atoms with Gasteiger partial charge in [-0.2, -0.15) is 0 Å². The number of thioether (sulfide) groups is 1. The Bertz CT molecular complexity index is 928. The lowest BCUT2D eigenvalue weighted by molar-refractivity contribution is 0.105. The van der Waals surface area contributed by atoms with E-state index < -0.39 is 0 Å². The molecule has 3 rings (SSSR count). The van der Waals surface area contributed by atoms with Crippen LogP contribution in [0.15, 0.2) is 47.4 Å². The quantitative estimate of drug-likeness (QED) is 0.363. The Morgan fingerprint density at radius 3 is 2.50 bits per heavy atom. The number of phenolic OH excluding ortho intramolecular Hbond substituents is 1. The molecule has 0 aliphatic rings. The topological polar surface area (TPSA) is 37.3 Å². The molecule has 0 saturated heterocycles. The van der Waals surface area contributed by atoms with Gasteiger partial charge in [-0.25, -0.2) is 0 Å². The Kier molecular flexibility index (Phi) is 4.78. The van der Waals surface area contributed by atoms with Crippen molar-refractivity contribution >= 4 is 45.0 Å². The molecule has 1 aromatic heterocycles. The van der Waals surface area contributed by atoms with Gasteiger partial charge in [0, 0.05) is 9.60 Å². The molecule has 0 radical (unpaired) electrons. The van der Waals surface area contributed by atoms with Gasteiger partial charge in [0.1, 0.15) is 5.75 Å². The van der Waals surface area contributed by atoms with Crippen molar-refractivity contribution in [2.75, 3.05) is 6.26 Å². The maximum Gasteiger partial charge on any atom is 0.195 e. The van der Waals surface area contributed by atoms with Crippen LogP contribution < -0.4 is 0 Å². The summed E-state index contributed by atoms with van der Waals surface area (Å²) in [6.45, 7) is 3.72. The number of aryl methyl sites for hydroxylation is 2. The zero-order valence-electron chi connectivity index (χ0n) is 13.8. The molecular weight excluding hydrogens is 336 g/mol. The van der Waals surface area contributed by atoms with Crippen molar-refractivity contribution in [3.05, 3.63) is 64.0 Å². The number of aromatic hydroxyl groups is 1. The number of carbonyl (C=O) groups is 1. The first-order chi connectivity index (χ1) is 11.5. The molecule has 24 heavy (non-hydrogen) atoms. The minimum Gasteiger partial charge on any atom is -0.507 e. The normalized spacial score (nSPS) is 11.5. The van der Waals surface area contributed by atoms with Crippen molar-refractivity contribution in [1.82, 2.24) is 0 Å². The van der Waals surface area contributed by atoms with Gasteiger partial charge in [-0.15, -0.1) is 23.1 Å². The van der Waals surface area contributed by atoms with E-state index in [9.17, 15) is 9.90 Å². The average molecular weight is 354 g/mol. The van der Waals surface area contributed by atoms with Crippen LogP contribution in [0, 0.1) is 13.8 Å². The Balaban J connectivity index is 1.86. The van der Waals surface area contributed by atoms with E-state index in [-0.39, 0.29) is 5.78 Å². The van der Waals surface area contributed by atoms with Crippen LogP contribution in [0.2, 0.25) is 0 Å². The van der Waals surface area contributed by atoms with Crippen molar-refractivity contribution in [1.29, 1.82) is 0 Å². The number of phenols is 1. The van der Waals surface area contributed by atoms with Gasteiger partial charge in [0.05, 0.1) is 4.88 Å². The third-order valence-corrected chi connectivity index (χ3v) is 5.75. The van der Waals surface area contributed by atoms with E-state index >= 15 is 0 Å². The third kappa shape index (κ3) is 3.40. The molecule has 0 aliphatic carbocycles. The first-order valence-corrected chi connectivity index (χ1v) is 9.62. The minimum absolute atomic E-state index is 0.00489. The molecule has 0 unspecified atom stereocenters. The number of thiophene rings is 1. The highest BCUT2D eigenvalue weighted by molar-refractivity contribution is 7.98. The molecule has 0 saturated carbocycles.